The summed E-state index contributed by atoms with van der Waals surface area (Å²) in [4.78, 5) is 10.8. The van der Waals surface area contributed by atoms with Gasteiger partial charge >= 0.3 is 0 Å². The molecule has 4 aromatic rings. The predicted molar refractivity (Wildman–Crippen MR) is 106 cm³/mol. The third-order valence-corrected chi connectivity index (χ3v) is 5.18. The Morgan fingerprint density at radius 2 is 2.00 bits per heavy atom. The van der Waals surface area contributed by atoms with Gasteiger partial charge in [-0.25, -0.2) is 9.97 Å². The molecule has 0 bridgehead atoms. The third-order valence-electron chi connectivity index (χ3n) is 5.18. The minimum atomic E-state index is 0.404. The van der Waals surface area contributed by atoms with Crippen LogP contribution in [-0.4, -0.2) is 43.9 Å². The molecule has 9 nitrogen and oxygen atoms in total. The zero-order valence-electron chi connectivity index (χ0n) is 16.7. The fourth-order valence-electron chi connectivity index (χ4n) is 3.71. The second kappa shape index (κ2) is 7.68. The van der Waals surface area contributed by atoms with E-state index in [0.29, 0.717) is 42.2 Å². The van der Waals surface area contributed by atoms with E-state index in [1.165, 1.54) is 0 Å². The maximum absolute atomic E-state index is 5.99. The first-order valence-corrected chi connectivity index (χ1v) is 9.66. The Balaban J connectivity index is 1.38. The summed E-state index contributed by atoms with van der Waals surface area (Å²) in [6.45, 7) is 3.87. The monoisotopic (exact) mass is 404 g/mol. The van der Waals surface area contributed by atoms with Crippen molar-refractivity contribution >= 4 is 0 Å². The van der Waals surface area contributed by atoms with E-state index in [4.69, 9.17) is 13.7 Å². The van der Waals surface area contributed by atoms with Gasteiger partial charge in [0.1, 0.15) is 23.3 Å². The maximum Gasteiger partial charge on any atom is 0.253 e. The Morgan fingerprint density at radius 3 is 2.83 bits per heavy atom. The molecule has 0 N–H and O–H groups in total. The number of hydrogen-bond acceptors (Lipinski definition) is 9. The molecule has 0 atom stereocenters. The molecule has 4 heterocycles. The normalized spacial score (nSPS) is 13.9. The van der Waals surface area contributed by atoms with Crippen molar-refractivity contribution < 1.29 is 13.7 Å². The summed E-state index contributed by atoms with van der Waals surface area (Å²) in [6.07, 6.45) is 2.36. The quantitative estimate of drug-likeness (QED) is 0.496. The number of rotatable bonds is 5. The van der Waals surface area contributed by atoms with Crippen molar-refractivity contribution in [1.82, 2.24) is 30.2 Å². The SMILES string of the molecule is COc1ncnc2c1CN(Cc1nnc(-c3c(-c4ccccc4)noc3C)o1)CC2. The van der Waals surface area contributed by atoms with Crippen LogP contribution in [0.25, 0.3) is 22.7 Å². The van der Waals surface area contributed by atoms with Gasteiger partial charge in [-0.2, -0.15) is 0 Å². The molecule has 0 unspecified atom stereocenters. The van der Waals surface area contributed by atoms with Gasteiger partial charge in [0.15, 0.2) is 0 Å². The zero-order valence-corrected chi connectivity index (χ0v) is 16.7. The highest BCUT2D eigenvalue weighted by Crippen LogP contribution is 2.33. The summed E-state index contributed by atoms with van der Waals surface area (Å²) in [5, 5.41) is 12.7. The Kier molecular flexibility index (Phi) is 4.72. The number of ether oxygens (including phenoxy) is 1. The van der Waals surface area contributed by atoms with E-state index in [0.717, 1.165) is 35.3 Å². The van der Waals surface area contributed by atoms with Gasteiger partial charge in [-0.3, -0.25) is 4.90 Å². The number of hydrogen-bond donors (Lipinski definition) is 0. The lowest BCUT2D eigenvalue weighted by Gasteiger charge is -2.27. The Bertz CT molecular complexity index is 1160. The van der Waals surface area contributed by atoms with Gasteiger partial charge < -0.3 is 13.7 Å². The molecule has 0 fully saturated rings. The molecule has 0 spiro atoms. The average molecular weight is 404 g/mol. The number of aryl methyl sites for hydroxylation is 1. The Morgan fingerprint density at radius 1 is 1.13 bits per heavy atom. The standard InChI is InChI=1S/C21H20N6O3/c1-13-18(19(26-30-13)14-6-4-3-5-7-14)21-25-24-17(29-21)11-27-9-8-16-15(10-27)20(28-2)23-12-22-16/h3-7,12H,8-11H2,1-2H3. The van der Waals surface area contributed by atoms with Gasteiger partial charge in [0.05, 0.1) is 19.3 Å². The second-order valence-electron chi connectivity index (χ2n) is 7.10. The summed E-state index contributed by atoms with van der Waals surface area (Å²) in [5.74, 6) is 2.19. The van der Waals surface area contributed by atoms with Crippen LogP contribution in [0.15, 0.2) is 45.6 Å². The maximum atomic E-state index is 5.99. The molecule has 3 aromatic heterocycles. The second-order valence-corrected chi connectivity index (χ2v) is 7.10. The molecule has 0 aliphatic carbocycles. The molecule has 30 heavy (non-hydrogen) atoms. The number of methoxy groups -OCH3 is 1. The summed E-state index contributed by atoms with van der Waals surface area (Å²) < 4.78 is 16.8. The van der Waals surface area contributed by atoms with Crippen molar-refractivity contribution in [2.24, 2.45) is 0 Å². The summed E-state index contributed by atoms with van der Waals surface area (Å²) in [5.41, 5.74) is 4.38. The summed E-state index contributed by atoms with van der Waals surface area (Å²) >= 11 is 0. The lowest BCUT2D eigenvalue weighted by molar-refractivity contribution is 0.214. The zero-order chi connectivity index (χ0) is 20.5. The molecule has 1 aliphatic heterocycles. The van der Waals surface area contributed by atoms with E-state index in [2.05, 4.69) is 30.2 Å². The molecule has 1 aromatic carbocycles. The van der Waals surface area contributed by atoms with Gasteiger partial charge in [-0.1, -0.05) is 35.5 Å². The number of benzene rings is 1. The van der Waals surface area contributed by atoms with Gasteiger partial charge in [0.2, 0.25) is 11.8 Å². The van der Waals surface area contributed by atoms with Crippen LogP contribution in [0.2, 0.25) is 0 Å². The van der Waals surface area contributed by atoms with Crippen molar-refractivity contribution in [2.75, 3.05) is 13.7 Å². The Labute approximate surface area is 172 Å². The van der Waals surface area contributed by atoms with Crippen molar-refractivity contribution in [2.45, 2.75) is 26.4 Å². The number of fused-ring (bicyclic) bond motifs is 1. The fraction of sp³-hybridized carbons (Fsp3) is 0.286. The lowest BCUT2D eigenvalue weighted by atomic mass is 10.1. The predicted octanol–water partition coefficient (Wildman–Crippen LogP) is 3.06. The van der Waals surface area contributed by atoms with Gasteiger partial charge in [0.25, 0.3) is 5.89 Å². The molecule has 5 rings (SSSR count). The Hall–Kier alpha value is -3.59. The van der Waals surface area contributed by atoms with Gasteiger partial charge in [-0.05, 0) is 6.92 Å². The van der Waals surface area contributed by atoms with E-state index in [1.807, 2.05) is 37.3 Å². The summed E-state index contributed by atoms with van der Waals surface area (Å²) in [7, 11) is 1.62. The molecular formula is C21H20N6O3. The average Bonchev–Trinajstić information content (AvgIpc) is 3.40. The number of aromatic nitrogens is 5. The first kappa shape index (κ1) is 18.4. The van der Waals surface area contributed by atoms with E-state index >= 15 is 0 Å². The first-order valence-electron chi connectivity index (χ1n) is 9.66. The van der Waals surface area contributed by atoms with Crippen LogP contribution < -0.4 is 4.74 Å². The third kappa shape index (κ3) is 3.33. The molecule has 0 saturated heterocycles. The van der Waals surface area contributed by atoms with Crippen LogP contribution in [-0.2, 0) is 19.5 Å². The minimum Gasteiger partial charge on any atom is -0.481 e. The van der Waals surface area contributed by atoms with Crippen LogP contribution in [0, 0.1) is 6.92 Å². The molecule has 9 heteroatoms. The molecule has 0 radical (unpaired) electrons. The topological polar surface area (TPSA) is 103 Å². The molecular weight excluding hydrogens is 384 g/mol. The minimum absolute atomic E-state index is 0.404. The largest absolute Gasteiger partial charge is 0.481 e. The summed E-state index contributed by atoms with van der Waals surface area (Å²) in [6, 6.07) is 9.80. The molecule has 0 amide bonds. The van der Waals surface area contributed by atoms with Gasteiger partial charge in [-0.15, -0.1) is 10.2 Å². The van der Waals surface area contributed by atoms with Crippen LogP contribution in [0.1, 0.15) is 22.9 Å². The van der Waals surface area contributed by atoms with Crippen molar-refractivity contribution in [3.05, 3.63) is 59.6 Å². The van der Waals surface area contributed by atoms with Crippen LogP contribution in [0.3, 0.4) is 0 Å². The van der Waals surface area contributed by atoms with Crippen LogP contribution >= 0.6 is 0 Å². The van der Waals surface area contributed by atoms with Crippen molar-refractivity contribution in [1.29, 1.82) is 0 Å². The van der Waals surface area contributed by atoms with Crippen LogP contribution in [0.5, 0.6) is 5.88 Å². The number of nitrogens with zero attached hydrogens (tertiary/aromatic N) is 6. The van der Waals surface area contributed by atoms with E-state index in [9.17, 15) is 0 Å². The highest BCUT2D eigenvalue weighted by molar-refractivity contribution is 5.77. The van der Waals surface area contributed by atoms with E-state index < -0.39 is 0 Å². The van der Waals surface area contributed by atoms with E-state index in [-0.39, 0.29) is 0 Å². The smallest absolute Gasteiger partial charge is 0.253 e. The molecule has 152 valence electrons. The van der Waals surface area contributed by atoms with Crippen molar-refractivity contribution in [3.8, 4) is 28.6 Å². The lowest BCUT2D eigenvalue weighted by Crippen LogP contribution is -2.31. The molecule has 0 saturated carbocycles. The van der Waals surface area contributed by atoms with Gasteiger partial charge in [0, 0.05) is 30.6 Å². The van der Waals surface area contributed by atoms with Crippen LogP contribution in [0.4, 0.5) is 0 Å². The fourth-order valence-corrected chi connectivity index (χ4v) is 3.71. The van der Waals surface area contributed by atoms with Crippen molar-refractivity contribution in [3.63, 3.8) is 0 Å². The molecule has 1 aliphatic rings. The van der Waals surface area contributed by atoms with E-state index in [1.54, 1.807) is 13.4 Å². The highest BCUT2D eigenvalue weighted by atomic mass is 16.5. The first-order chi connectivity index (χ1) is 14.7. The highest BCUT2D eigenvalue weighted by Gasteiger charge is 2.25.